The number of unbranched alkanes of at least 4 members (excludes halogenated alkanes) is 53. The largest absolute Gasteiger partial charge is 0.472 e. The minimum atomic E-state index is -4.97. The summed E-state index contributed by atoms with van der Waals surface area (Å²) in [7, 11) is -9.94. The molecule has 3 unspecified atom stereocenters. The maximum atomic E-state index is 13.1. The Balaban J connectivity index is 5.22. The fourth-order valence-corrected chi connectivity index (χ4v) is 14.7. The van der Waals surface area contributed by atoms with Gasteiger partial charge in [-0.05, 0) is 57.3 Å². The molecule has 0 saturated carbocycles. The van der Waals surface area contributed by atoms with Crippen LogP contribution in [0.5, 0.6) is 0 Å². The van der Waals surface area contributed by atoms with E-state index in [0.29, 0.717) is 25.7 Å². The van der Waals surface area contributed by atoms with Crippen LogP contribution in [0.15, 0.2) is 24.3 Å². The Hall–Kier alpha value is -2.46. The van der Waals surface area contributed by atoms with E-state index in [4.69, 9.17) is 37.0 Å². The van der Waals surface area contributed by atoms with E-state index in [1.807, 2.05) is 0 Å². The van der Waals surface area contributed by atoms with Crippen molar-refractivity contribution in [2.24, 2.45) is 5.92 Å². The van der Waals surface area contributed by atoms with Crippen molar-refractivity contribution in [1.29, 1.82) is 0 Å². The lowest BCUT2D eigenvalue weighted by Crippen LogP contribution is -2.30. The molecule has 0 saturated heterocycles. The van der Waals surface area contributed by atoms with E-state index in [-0.39, 0.29) is 25.7 Å². The van der Waals surface area contributed by atoms with Crippen LogP contribution in [-0.2, 0) is 65.4 Å². The fraction of sp³-hybridized carbons (Fsp3) is 0.908. The van der Waals surface area contributed by atoms with Crippen molar-refractivity contribution in [3.8, 4) is 0 Å². The summed E-state index contributed by atoms with van der Waals surface area (Å²) in [5.74, 6) is -1.26. The molecule has 0 aromatic heterocycles. The lowest BCUT2D eigenvalue weighted by atomic mass is 9.99. The molecule has 0 aromatic carbocycles. The van der Waals surface area contributed by atoms with Gasteiger partial charge in [-0.3, -0.25) is 37.3 Å². The number of hydrogen-bond donors (Lipinski definition) is 3. The zero-order valence-corrected chi connectivity index (χ0v) is 70.9. The molecule has 0 spiro atoms. The Kier molecular flexibility index (Phi) is 77.4. The summed E-state index contributed by atoms with van der Waals surface area (Å²) in [5, 5.41) is 10.7. The Morgan fingerprint density at radius 1 is 0.302 bits per heavy atom. The second kappa shape index (κ2) is 79.2. The summed E-state index contributed by atoms with van der Waals surface area (Å²) in [5.41, 5.74) is 0. The smallest absolute Gasteiger partial charge is 0.462 e. The molecule has 0 aromatic rings. The Bertz CT molecular complexity index is 2110. The lowest BCUT2D eigenvalue weighted by Gasteiger charge is -2.21. The number of phosphoric acid groups is 2. The SMILES string of the molecule is CCCCCC/C=C\C=C/CCCCCCCC(=O)O[C@H](COC(=O)CCCCCCCCCCC)COP(=O)(O)OC[C@H](O)COP(=O)(O)OC[C@@H](COC(=O)CCCCCCCCCCCCCCCCCCCCCC)OC(=O)CCCCCCCCCCCCCCCCCCCCC(C)CC. The van der Waals surface area contributed by atoms with Crippen LogP contribution < -0.4 is 0 Å². The van der Waals surface area contributed by atoms with Crippen molar-refractivity contribution in [1.82, 2.24) is 0 Å². The van der Waals surface area contributed by atoms with Gasteiger partial charge in [0.15, 0.2) is 12.2 Å². The normalized spacial score (nSPS) is 14.2. The van der Waals surface area contributed by atoms with Crippen LogP contribution in [0.2, 0.25) is 0 Å². The molecular weight excluding hydrogens is 1380 g/mol. The number of ether oxygens (including phenoxy) is 4. The number of rotatable bonds is 85. The van der Waals surface area contributed by atoms with Crippen LogP contribution in [0, 0.1) is 5.92 Å². The van der Waals surface area contributed by atoms with Crippen LogP contribution >= 0.6 is 15.6 Å². The number of esters is 4. The van der Waals surface area contributed by atoms with Crippen molar-refractivity contribution in [3.63, 3.8) is 0 Å². The van der Waals surface area contributed by atoms with E-state index in [0.717, 1.165) is 109 Å². The van der Waals surface area contributed by atoms with E-state index in [9.17, 15) is 43.2 Å². The van der Waals surface area contributed by atoms with Crippen molar-refractivity contribution >= 4 is 39.5 Å². The van der Waals surface area contributed by atoms with Gasteiger partial charge < -0.3 is 33.8 Å². The average Bonchev–Trinajstić information content (AvgIpc) is 0.902. The van der Waals surface area contributed by atoms with E-state index in [1.165, 1.54) is 257 Å². The van der Waals surface area contributed by atoms with E-state index in [1.54, 1.807) is 0 Å². The van der Waals surface area contributed by atoms with Gasteiger partial charge in [-0.1, -0.05) is 393 Å². The second-order valence-electron chi connectivity index (χ2n) is 30.8. The van der Waals surface area contributed by atoms with Crippen molar-refractivity contribution in [2.75, 3.05) is 39.6 Å². The quantitative estimate of drug-likeness (QED) is 0.0169. The summed E-state index contributed by atoms with van der Waals surface area (Å²) in [6, 6.07) is 0. The molecule has 0 rings (SSSR count). The first-order valence-corrected chi connectivity index (χ1v) is 47.5. The highest BCUT2D eigenvalue weighted by atomic mass is 31.2. The first kappa shape index (κ1) is 104. The summed E-state index contributed by atoms with van der Waals surface area (Å²) in [4.78, 5) is 73.1. The Morgan fingerprint density at radius 3 is 0.802 bits per heavy atom. The molecule has 0 bridgehead atoms. The summed E-state index contributed by atoms with van der Waals surface area (Å²) >= 11 is 0. The molecule has 0 radical (unpaired) electrons. The van der Waals surface area contributed by atoms with E-state index >= 15 is 0 Å². The zero-order valence-electron chi connectivity index (χ0n) is 69.1. The monoisotopic (exact) mass is 1550 g/mol. The van der Waals surface area contributed by atoms with Crippen LogP contribution in [0.1, 0.15) is 446 Å². The van der Waals surface area contributed by atoms with E-state index < -0.39 is 97.5 Å². The summed E-state index contributed by atoms with van der Waals surface area (Å²) in [6.45, 7) is 7.35. The molecule has 6 atom stereocenters. The standard InChI is InChI=1S/C87H166O17P2/c1-6-10-13-16-19-22-24-26-28-29-30-31-35-39-42-46-51-56-61-66-71-85(90)98-77-83(104-87(92)73-68-63-58-53-48-44-40-36-33-32-34-38-41-45-50-54-59-64-69-80(5)9-4)79-102-106(95,96)100-75-81(88)74-99-105(93,94)101-78-82(76-97-84(89)70-65-60-55-49-21-18-15-12-8-3)103-86(91)72-67-62-57-52-47-43-37-27-25-23-20-17-14-11-7-2/h23,25,27,37,80-83,88H,6-22,24,26,28-36,38-79H2,1-5H3,(H,93,94)(H,95,96)/b25-23-,37-27-/t80?,81-,82+,83+/m0/s1. The van der Waals surface area contributed by atoms with Gasteiger partial charge in [0, 0.05) is 25.7 Å². The van der Waals surface area contributed by atoms with Gasteiger partial charge >= 0.3 is 39.5 Å². The molecule has 0 amide bonds. The number of allylic oxidation sites excluding steroid dienone is 4. The lowest BCUT2D eigenvalue weighted by molar-refractivity contribution is -0.161. The van der Waals surface area contributed by atoms with Gasteiger partial charge in [0.1, 0.15) is 19.3 Å². The van der Waals surface area contributed by atoms with Gasteiger partial charge in [-0.25, -0.2) is 9.13 Å². The van der Waals surface area contributed by atoms with Crippen LogP contribution in [0.25, 0.3) is 0 Å². The zero-order chi connectivity index (χ0) is 77.6. The Morgan fingerprint density at radius 2 is 0.528 bits per heavy atom. The first-order valence-electron chi connectivity index (χ1n) is 44.5. The molecule has 106 heavy (non-hydrogen) atoms. The van der Waals surface area contributed by atoms with Gasteiger partial charge in [0.25, 0.3) is 0 Å². The molecule has 0 heterocycles. The van der Waals surface area contributed by atoms with Gasteiger partial charge in [-0.2, -0.15) is 0 Å². The highest BCUT2D eigenvalue weighted by Crippen LogP contribution is 2.45. The summed E-state index contributed by atoms with van der Waals surface area (Å²) in [6.07, 6.45) is 75.9. The maximum Gasteiger partial charge on any atom is 0.472 e. The molecule has 0 aliphatic heterocycles. The van der Waals surface area contributed by atoms with Crippen LogP contribution in [-0.4, -0.2) is 96.7 Å². The molecule has 0 fully saturated rings. The topological polar surface area (TPSA) is 237 Å². The van der Waals surface area contributed by atoms with Gasteiger partial charge in [0.2, 0.25) is 0 Å². The molecule has 17 nitrogen and oxygen atoms in total. The second-order valence-corrected chi connectivity index (χ2v) is 33.7. The Labute approximate surface area is 650 Å². The number of aliphatic hydroxyl groups excluding tert-OH is 1. The highest BCUT2D eigenvalue weighted by Gasteiger charge is 2.30. The van der Waals surface area contributed by atoms with Gasteiger partial charge in [-0.15, -0.1) is 0 Å². The third kappa shape index (κ3) is 78.2. The van der Waals surface area contributed by atoms with Crippen LogP contribution in [0.4, 0.5) is 0 Å². The molecule has 19 heteroatoms. The van der Waals surface area contributed by atoms with Crippen molar-refractivity contribution in [3.05, 3.63) is 24.3 Å². The maximum absolute atomic E-state index is 13.1. The molecule has 0 aliphatic rings. The number of phosphoric ester groups is 2. The van der Waals surface area contributed by atoms with Crippen molar-refractivity contribution in [2.45, 2.75) is 464 Å². The van der Waals surface area contributed by atoms with E-state index in [2.05, 4.69) is 58.9 Å². The number of hydrogen-bond acceptors (Lipinski definition) is 15. The fourth-order valence-electron chi connectivity index (χ4n) is 13.1. The minimum absolute atomic E-state index is 0.0855. The van der Waals surface area contributed by atoms with Crippen LogP contribution in [0.3, 0.4) is 0 Å². The molecule has 0 aliphatic carbocycles. The summed E-state index contributed by atoms with van der Waals surface area (Å²) < 4.78 is 68.8. The first-order chi connectivity index (χ1) is 51.6. The molecular formula is C87H166O17P2. The minimum Gasteiger partial charge on any atom is -0.462 e. The average molecular weight is 1550 g/mol. The molecule has 3 N–H and O–H groups in total. The molecule has 626 valence electrons. The predicted octanol–water partition coefficient (Wildman–Crippen LogP) is 26.3. The third-order valence-corrected chi connectivity index (χ3v) is 22.2. The predicted molar refractivity (Wildman–Crippen MR) is 437 cm³/mol. The number of carbonyl (C=O) groups is 4. The number of carbonyl (C=O) groups excluding carboxylic acids is 4. The van der Waals surface area contributed by atoms with Gasteiger partial charge in [0.05, 0.1) is 26.4 Å². The number of aliphatic hydroxyl groups is 1. The third-order valence-electron chi connectivity index (χ3n) is 20.3. The highest BCUT2D eigenvalue weighted by molar-refractivity contribution is 7.47. The van der Waals surface area contributed by atoms with Crippen molar-refractivity contribution < 1.29 is 80.2 Å².